The number of benzene rings is 1. The van der Waals surface area contributed by atoms with Crippen LogP contribution in [0, 0.1) is 5.82 Å². The fourth-order valence-electron chi connectivity index (χ4n) is 1.22. The first-order valence-electron chi connectivity index (χ1n) is 4.03. The number of nitrogens with two attached hydrogens (primary N) is 1. The first-order valence-corrected chi connectivity index (χ1v) is 4.40. The zero-order valence-electron chi connectivity index (χ0n) is 7.17. The zero-order valence-corrected chi connectivity index (χ0v) is 7.92. The summed E-state index contributed by atoms with van der Waals surface area (Å²) < 4.78 is 12.8. The van der Waals surface area contributed by atoms with E-state index >= 15 is 0 Å². The first kappa shape index (κ1) is 9.30. The third-order valence-corrected chi connectivity index (χ3v) is 2.34. The molecule has 0 saturated heterocycles. The standard InChI is InChI=1S/C9H7ClFN3/c10-9-6-2-1-5(11)3-7(6)13-14-8(9)4-12/h1-3H,4,12H2. The molecule has 0 radical (unpaired) electrons. The van der Waals surface area contributed by atoms with Gasteiger partial charge < -0.3 is 5.73 Å². The Bertz CT molecular complexity index is 487. The van der Waals surface area contributed by atoms with Gasteiger partial charge in [-0.1, -0.05) is 11.6 Å². The number of aromatic nitrogens is 2. The van der Waals surface area contributed by atoms with Crippen molar-refractivity contribution < 1.29 is 4.39 Å². The lowest BCUT2D eigenvalue weighted by Crippen LogP contribution is -2.02. The number of fused-ring (bicyclic) bond motifs is 1. The van der Waals surface area contributed by atoms with Gasteiger partial charge in [0.25, 0.3) is 0 Å². The van der Waals surface area contributed by atoms with Crippen LogP contribution in [-0.4, -0.2) is 10.2 Å². The second-order valence-electron chi connectivity index (χ2n) is 2.83. The molecule has 0 unspecified atom stereocenters. The Labute approximate surface area is 84.7 Å². The smallest absolute Gasteiger partial charge is 0.125 e. The van der Waals surface area contributed by atoms with Crippen molar-refractivity contribution in [3.8, 4) is 0 Å². The summed E-state index contributed by atoms with van der Waals surface area (Å²) in [7, 11) is 0. The largest absolute Gasteiger partial charge is 0.325 e. The average Bonchev–Trinajstić information content (AvgIpc) is 2.18. The number of rotatable bonds is 1. The second kappa shape index (κ2) is 3.48. The molecule has 1 heterocycles. The lowest BCUT2D eigenvalue weighted by atomic mass is 10.2. The molecule has 5 heteroatoms. The van der Waals surface area contributed by atoms with Crippen molar-refractivity contribution in [3.63, 3.8) is 0 Å². The highest BCUT2D eigenvalue weighted by molar-refractivity contribution is 6.35. The van der Waals surface area contributed by atoms with Gasteiger partial charge in [-0.2, -0.15) is 5.10 Å². The monoisotopic (exact) mass is 211 g/mol. The second-order valence-corrected chi connectivity index (χ2v) is 3.20. The van der Waals surface area contributed by atoms with Crippen LogP contribution in [-0.2, 0) is 6.54 Å². The molecule has 2 aromatic rings. The minimum Gasteiger partial charge on any atom is -0.325 e. The molecular weight excluding hydrogens is 205 g/mol. The molecule has 0 bridgehead atoms. The van der Waals surface area contributed by atoms with Crippen LogP contribution in [0.4, 0.5) is 4.39 Å². The summed E-state index contributed by atoms with van der Waals surface area (Å²) >= 11 is 5.99. The van der Waals surface area contributed by atoms with E-state index < -0.39 is 0 Å². The van der Waals surface area contributed by atoms with Crippen LogP contribution in [0.5, 0.6) is 0 Å². The summed E-state index contributed by atoms with van der Waals surface area (Å²) in [5, 5.41) is 8.72. The van der Waals surface area contributed by atoms with Crippen molar-refractivity contribution >= 4 is 22.5 Å². The minimum atomic E-state index is -0.358. The van der Waals surface area contributed by atoms with E-state index in [-0.39, 0.29) is 12.4 Å². The van der Waals surface area contributed by atoms with E-state index in [4.69, 9.17) is 17.3 Å². The van der Waals surface area contributed by atoms with Crippen molar-refractivity contribution in [2.45, 2.75) is 6.54 Å². The summed E-state index contributed by atoms with van der Waals surface area (Å²) in [6.07, 6.45) is 0. The van der Waals surface area contributed by atoms with Gasteiger partial charge >= 0.3 is 0 Å². The van der Waals surface area contributed by atoms with E-state index in [1.807, 2.05) is 0 Å². The van der Waals surface area contributed by atoms with Gasteiger partial charge in [0, 0.05) is 18.0 Å². The fraction of sp³-hybridized carbons (Fsp3) is 0.111. The first-order chi connectivity index (χ1) is 6.72. The number of hydrogen-bond donors (Lipinski definition) is 1. The topological polar surface area (TPSA) is 51.8 Å². The highest BCUT2D eigenvalue weighted by atomic mass is 35.5. The Morgan fingerprint density at radius 3 is 2.86 bits per heavy atom. The Hall–Kier alpha value is -1.26. The lowest BCUT2D eigenvalue weighted by molar-refractivity contribution is 0.629. The van der Waals surface area contributed by atoms with Gasteiger partial charge in [0.2, 0.25) is 0 Å². The average molecular weight is 212 g/mol. The Kier molecular flexibility index (Phi) is 2.31. The van der Waals surface area contributed by atoms with Crippen molar-refractivity contribution in [3.05, 3.63) is 34.7 Å². The summed E-state index contributed by atoms with van der Waals surface area (Å²) in [6, 6.07) is 4.19. The van der Waals surface area contributed by atoms with Gasteiger partial charge in [0.15, 0.2) is 0 Å². The van der Waals surface area contributed by atoms with E-state index in [2.05, 4.69) is 10.2 Å². The van der Waals surface area contributed by atoms with E-state index in [0.717, 1.165) is 0 Å². The van der Waals surface area contributed by atoms with Crippen LogP contribution in [0.15, 0.2) is 18.2 Å². The maximum absolute atomic E-state index is 12.8. The third kappa shape index (κ3) is 1.42. The highest BCUT2D eigenvalue weighted by Gasteiger charge is 2.07. The summed E-state index contributed by atoms with van der Waals surface area (Å²) in [4.78, 5) is 0. The van der Waals surface area contributed by atoms with Gasteiger partial charge in [-0.15, -0.1) is 5.10 Å². The molecule has 0 aliphatic rings. The molecule has 0 aliphatic heterocycles. The Morgan fingerprint density at radius 2 is 2.14 bits per heavy atom. The Morgan fingerprint density at radius 1 is 1.36 bits per heavy atom. The fourth-order valence-corrected chi connectivity index (χ4v) is 1.49. The van der Waals surface area contributed by atoms with E-state index in [1.165, 1.54) is 12.1 Å². The summed E-state index contributed by atoms with van der Waals surface area (Å²) in [5.41, 5.74) is 6.37. The predicted molar refractivity (Wildman–Crippen MR) is 52.4 cm³/mol. The quantitative estimate of drug-likeness (QED) is 0.784. The van der Waals surface area contributed by atoms with Crippen molar-refractivity contribution in [1.29, 1.82) is 0 Å². The molecule has 0 fully saturated rings. The van der Waals surface area contributed by atoms with E-state index in [9.17, 15) is 4.39 Å². The molecule has 1 aromatic heterocycles. The van der Waals surface area contributed by atoms with Gasteiger partial charge in [-0.25, -0.2) is 4.39 Å². The summed E-state index contributed by atoms with van der Waals surface area (Å²) in [6.45, 7) is 0.221. The number of hydrogen-bond acceptors (Lipinski definition) is 3. The Balaban J connectivity index is 2.77. The molecule has 0 saturated carbocycles. The highest BCUT2D eigenvalue weighted by Crippen LogP contribution is 2.24. The van der Waals surface area contributed by atoms with E-state index in [1.54, 1.807) is 6.07 Å². The van der Waals surface area contributed by atoms with Crippen LogP contribution in [0.1, 0.15) is 5.69 Å². The van der Waals surface area contributed by atoms with Crippen LogP contribution in [0.3, 0.4) is 0 Å². The van der Waals surface area contributed by atoms with Gasteiger partial charge in [0.1, 0.15) is 5.82 Å². The van der Waals surface area contributed by atoms with Gasteiger partial charge in [-0.05, 0) is 12.1 Å². The number of nitrogens with zero attached hydrogens (tertiary/aromatic N) is 2. The molecule has 2 rings (SSSR count). The van der Waals surface area contributed by atoms with Crippen molar-refractivity contribution in [1.82, 2.24) is 10.2 Å². The maximum Gasteiger partial charge on any atom is 0.125 e. The molecule has 0 amide bonds. The number of halogens is 2. The molecule has 0 aliphatic carbocycles. The molecule has 0 atom stereocenters. The van der Waals surface area contributed by atoms with Crippen LogP contribution < -0.4 is 5.73 Å². The van der Waals surface area contributed by atoms with Crippen LogP contribution in [0.2, 0.25) is 5.02 Å². The SMILES string of the molecule is NCc1nnc2cc(F)ccc2c1Cl. The van der Waals surface area contributed by atoms with Gasteiger partial charge in [-0.3, -0.25) is 0 Å². The molecule has 1 aromatic carbocycles. The van der Waals surface area contributed by atoms with Gasteiger partial charge in [0.05, 0.1) is 16.2 Å². The molecule has 2 N–H and O–H groups in total. The third-order valence-electron chi connectivity index (χ3n) is 1.92. The molecule has 14 heavy (non-hydrogen) atoms. The van der Waals surface area contributed by atoms with E-state index in [0.29, 0.717) is 21.6 Å². The lowest BCUT2D eigenvalue weighted by Gasteiger charge is -2.02. The maximum atomic E-state index is 12.8. The molecule has 0 spiro atoms. The predicted octanol–water partition coefficient (Wildman–Crippen LogP) is 1.88. The summed E-state index contributed by atoms with van der Waals surface area (Å²) in [5.74, 6) is -0.358. The minimum absolute atomic E-state index is 0.221. The molecule has 72 valence electrons. The zero-order chi connectivity index (χ0) is 10.1. The van der Waals surface area contributed by atoms with Crippen LogP contribution in [0.25, 0.3) is 10.9 Å². The normalized spacial score (nSPS) is 10.8. The van der Waals surface area contributed by atoms with Crippen molar-refractivity contribution in [2.75, 3.05) is 0 Å². The van der Waals surface area contributed by atoms with Crippen molar-refractivity contribution in [2.24, 2.45) is 5.73 Å². The molecule has 3 nitrogen and oxygen atoms in total. The van der Waals surface area contributed by atoms with Crippen LogP contribution >= 0.6 is 11.6 Å². The molecular formula is C9H7ClFN3.